The van der Waals surface area contributed by atoms with Gasteiger partial charge < -0.3 is 9.47 Å². The maximum atomic E-state index is 14.4. The van der Waals surface area contributed by atoms with Crippen molar-refractivity contribution >= 4 is 84.3 Å². The lowest BCUT2D eigenvalue weighted by atomic mass is 9.95. The van der Waals surface area contributed by atoms with Gasteiger partial charge in [-0.05, 0) is 103 Å². The van der Waals surface area contributed by atoms with Gasteiger partial charge in [-0.2, -0.15) is 13.2 Å². The molecule has 0 radical (unpaired) electrons. The Labute approximate surface area is 297 Å². The Balaban J connectivity index is 1.42. The van der Waals surface area contributed by atoms with Gasteiger partial charge in [0.1, 0.15) is 12.4 Å². The fourth-order valence-electron chi connectivity index (χ4n) is 5.32. The Morgan fingerprint density at radius 2 is 1.83 bits per heavy atom. The second-order valence-electron chi connectivity index (χ2n) is 10.4. The summed E-state index contributed by atoms with van der Waals surface area (Å²) in [5, 5.41) is 2.53. The van der Waals surface area contributed by atoms with Gasteiger partial charge in [0.05, 0.1) is 30.8 Å². The molecule has 1 atom stereocenters. The van der Waals surface area contributed by atoms with Gasteiger partial charge in [-0.1, -0.05) is 77.5 Å². The van der Waals surface area contributed by atoms with Crippen molar-refractivity contribution in [1.29, 1.82) is 0 Å². The molecule has 0 saturated heterocycles. The molecule has 6 rings (SSSR count). The van der Waals surface area contributed by atoms with Gasteiger partial charge in [-0.3, -0.25) is 9.36 Å². The van der Waals surface area contributed by atoms with E-state index in [1.165, 1.54) is 31.2 Å². The molecule has 0 saturated carbocycles. The van der Waals surface area contributed by atoms with Crippen molar-refractivity contribution in [3.63, 3.8) is 0 Å². The number of carbonyl (C=O) groups is 1. The number of fused-ring (bicyclic) bond motifs is 2. The summed E-state index contributed by atoms with van der Waals surface area (Å²) < 4.78 is 57.0. The van der Waals surface area contributed by atoms with Gasteiger partial charge in [0.2, 0.25) is 0 Å². The first kappa shape index (κ1) is 33.4. The fraction of sp³-hybridized carbons (Fsp3) is 0.147. The van der Waals surface area contributed by atoms with Gasteiger partial charge in [0, 0.05) is 5.02 Å². The van der Waals surface area contributed by atoms with E-state index in [1.807, 2.05) is 48.5 Å². The second-order valence-corrected chi connectivity index (χ2v) is 13.8. The number of halogens is 6. The number of hydrogen-bond donors (Lipinski definition) is 0. The van der Waals surface area contributed by atoms with Crippen LogP contribution in [0.3, 0.4) is 0 Å². The summed E-state index contributed by atoms with van der Waals surface area (Å²) in [6, 6.07) is 22.1. The van der Waals surface area contributed by atoms with Crippen molar-refractivity contribution < 1.29 is 27.4 Å². The minimum absolute atomic E-state index is 0.126. The first-order valence-electron chi connectivity index (χ1n) is 14.1. The van der Waals surface area contributed by atoms with Crippen LogP contribution in [-0.4, -0.2) is 23.3 Å². The predicted molar refractivity (Wildman–Crippen MR) is 187 cm³/mol. The molecule has 0 amide bonds. The number of esters is 1. The Hall–Kier alpha value is -3.46. The quantitative estimate of drug-likeness (QED) is 0.123. The molecule has 1 aromatic heterocycles. The molecule has 4 aromatic carbocycles. The zero-order valence-corrected chi connectivity index (χ0v) is 29.6. The van der Waals surface area contributed by atoms with Crippen molar-refractivity contribution in [2.45, 2.75) is 25.7 Å². The van der Waals surface area contributed by atoms with E-state index in [0.29, 0.717) is 27.4 Å². The first-order chi connectivity index (χ1) is 22.5. The minimum Gasteiger partial charge on any atom is -0.487 e. The lowest BCUT2D eigenvalue weighted by molar-refractivity contribution is -0.140. The molecule has 0 bridgehead atoms. The zero-order valence-electron chi connectivity index (χ0n) is 24.3. The Morgan fingerprint density at radius 3 is 2.53 bits per heavy atom. The molecule has 47 heavy (non-hydrogen) atoms. The van der Waals surface area contributed by atoms with E-state index >= 15 is 0 Å². The van der Waals surface area contributed by atoms with Gasteiger partial charge in [-0.25, -0.2) is 9.79 Å². The van der Waals surface area contributed by atoms with E-state index in [1.54, 1.807) is 12.1 Å². The van der Waals surface area contributed by atoms with Crippen LogP contribution >= 0.6 is 61.5 Å². The van der Waals surface area contributed by atoms with E-state index in [0.717, 1.165) is 35.8 Å². The molecule has 13 heteroatoms. The average molecular weight is 854 g/mol. The summed E-state index contributed by atoms with van der Waals surface area (Å²) in [6.07, 6.45) is -3.42. The van der Waals surface area contributed by atoms with Crippen LogP contribution in [0, 0.1) is 3.57 Å². The topological polar surface area (TPSA) is 69.9 Å². The number of thiazole rings is 1. The molecule has 0 N–H and O–H groups in total. The molecular formula is C34H22BrClF3IN2O4S. The molecule has 0 spiro atoms. The molecule has 5 aromatic rings. The third-order valence-corrected chi connectivity index (χ3v) is 9.98. The monoisotopic (exact) mass is 852 g/mol. The summed E-state index contributed by atoms with van der Waals surface area (Å²) in [4.78, 5) is 30.5. The van der Waals surface area contributed by atoms with Gasteiger partial charge in [0.25, 0.3) is 5.56 Å². The largest absolute Gasteiger partial charge is 0.487 e. The van der Waals surface area contributed by atoms with Gasteiger partial charge in [-0.15, -0.1) is 0 Å². The van der Waals surface area contributed by atoms with Crippen LogP contribution in [-0.2, 0) is 16.1 Å². The number of hydrogen-bond acceptors (Lipinski definition) is 6. The summed E-state index contributed by atoms with van der Waals surface area (Å²) in [7, 11) is 0. The van der Waals surface area contributed by atoms with Crippen molar-refractivity contribution in [3.05, 3.63) is 140 Å². The molecule has 1 aliphatic heterocycles. The molecular weight excluding hydrogens is 832 g/mol. The van der Waals surface area contributed by atoms with Crippen molar-refractivity contribution in [1.82, 2.24) is 4.57 Å². The number of ether oxygens (including phenoxy) is 2. The third kappa shape index (κ3) is 6.78. The van der Waals surface area contributed by atoms with Crippen LogP contribution in [0.1, 0.15) is 29.7 Å². The predicted octanol–water partition coefficient (Wildman–Crippen LogP) is 8.09. The van der Waals surface area contributed by atoms with Gasteiger partial charge >= 0.3 is 12.1 Å². The van der Waals surface area contributed by atoms with E-state index in [9.17, 15) is 22.8 Å². The average Bonchev–Trinajstić information content (AvgIpc) is 3.34. The smallest absolute Gasteiger partial charge is 0.434 e. The van der Waals surface area contributed by atoms with Crippen LogP contribution in [0.4, 0.5) is 13.2 Å². The maximum Gasteiger partial charge on any atom is 0.434 e. The SMILES string of the molecule is CCOC(=O)C1=C(C(F)(F)F)N=c2s/c(=C\c3cc(Br)c(OCc4cccc5ccccc45)c(I)c3)c(=O)n2[C@@H]1c1ccc(Cl)cc1. The molecule has 240 valence electrons. The summed E-state index contributed by atoms with van der Waals surface area (Å²) in [5.41, 5.74) is -0.926. The standard InChI is InChI=1S/C34H22BrClF3IN2O4S/c1-2-45-32(44)27-28(20-10-12-22(36)13-11-20)42-31(43)26(47-33(42)41-30(27)34(37,38)39)16-18-14-24(35)29(25(40)15-18)46-17-21-8-5-7-19-6-3-4-9-23(19)21/h3-16,28H,2,17H2,1H3/b26-16-/t28-/m1/s1. The maximum absolute atomic E-state index is 14.4. The summed E-state index contributed by atoms with van der Waals surface area (Å²) in [5.74, 6) is -0.607. The Bertz CT molecular complexity index is 2220. The third-order valence-electron chi connectivity index (χ3n) is 7.35. The Kier molecular flexibility index (Phi) is 9.66. The number of allylic oxidation sites excluding steroid dienone is 1. The molecule has 0 fully saturated rings. The van der Waals surface area contributed by atoms with Crippen LogP contribution in [0.2, 0.25) is 5.02 Å². The lowest BCUT2D eigenvalue weighted by Gasteiger charge is -2.26. The van der Waals surface area contributed by atoms with Crippen LogP contribution in [0.25, 0.3) is 16.8 Å². The molecule has 2 heterocycles. The summed E-state index contributed by atoms with van der Waals surface area (Å²) in [6.45, 7) is 1.64. The van der Waals surface area contributed by atoms with E-state index in [4.69, 9.17) is 21.1 Å². The highest BCUT2D eigenvalue weighted by molar-refractivity contribution is 14.1. The molecule has 0 aliphatic carbocycles. The van der Waals surface area contributed by atoms with Crippen molar-refractivity contribution in [3.8, 4) is 5.75 Å². The highest BCUT2D eigenvalue weighted by atomic mass is 127. The van der Waals surface area contributed by atoms with E-state index in [2.05, 4.69) is 43.5 Å². The Morgan fingerprint density at radius 1 is 1.11 bits per heavy atom. The number of benzene rings is 4. The molecule has 0 unspecified atom stereocenters. The summed E-state index contributed by atoms with van der Waals surface area (Å²) >= 11 is 12.6. The lowest BCUT2D eigenvalue weighted by Crippen LogP contribution is -2.41. The number of nitrogens with zero attached hydrogens (tertiary/aromatic N) is 2. The minimum atomic E-state index is -5.00. The van der Waals surface area contributed by atoms with Gasteiger partial charge in [0.15, 0.2) is 10.5 Å². The van der Waals surface area contributed by atoms with E-state index < -0.39 is 35.0 Å². The number of carbonyl (C=O) groups excluding carboxylic acids is 1. The zero-order chi connectivity index (χ0) is 33.5. The number of alkyl halides is 3. The van der Waals surface area contributed by atoms with Crippen molar-refractivity contribution in [2.24, 2.45) is 4.99 Å². The second kappa shape index (κ2) is 13.6. The highest BCUT2D eigenvalue weighted by Gasteiger charge is 2.45. The van der Waals surface area contributed by atoms with E-state index in [-0.39, 0.29) is 21.5 Å². The highest BCUT2D eigenvalue weighted by Crippen LogP contribution is 2.39. The van der Waals surface area contributed by atoms with Crippen LogP contribution in [0.15, 0.2) is 104 Å². The van der Waals surface area contributed by atoms with Crippen molar-refractivity contribution in [2.75, 3.05) is 6.61 Å². The van der Waals surface area contributed by atoms with Crippen LogP contribution < -0.4 is 19.6 Å². The fourth-order valence-corrected chi connectivity index (χ4v) is 8.22. The molecule has 1 aliphatic rings. The van der Waals surface area contributed by atoms with Crippen LogP contribution in [0.5, 0.6) is 5.75 Å². The normalized spacial score (nSPS) is 15.0. The number of rotatable bonds is 7. The number of aromatic nitrogens is 1. The molecule has 6 nitrogen and oxygen atoms in total. The first-order valence-corrected chi connectivity index (χ1v) is 17.2.